The van der Waals surface area contributed by atoms with Crippen LogP contribution in [0.4, 0.5) is 10.1 Å². The summed E-state index contributed by atoms with van der Waals surface area (Å²) >= 11 is 1.46. The van der Waals surface area contributed by atoms with Crippen molar-refractivity contribution < 1.29 is 14.0 Å². The lowest BCUT2D eigenvalue weighted by Crippen LogP contribution is -2.32. The van der Waals surface area contributed by atoms with Crippen molar-refractivity contribution in [2.45, 2.75) is 30.5 Å². The van der Waals surface area contributed by atoms with Crippen LogP contribution in [0.3, 0.4) is 0 Å². The highest BCUT2D eigenvalue weighted by atomic mass is 32.2. The number of anilines is 1. The summed E-state index contributed by atoms with van der Waals surface area (Å²) in [5.41, 5.74) is 1.61. The zero-order chi connectivity index (χ0) is 18.4. The molecule has 0 aliphatic carbocycles. The highest BCUT2D eigenvalue weighted by molar-refractivity contribution is 8.00. The molecule has 0 radical (unpaired) electrons. The Balaban J connectivity index is 1.92. The normalized spacial score (nSPS) is 11.7. The molecule has 2 aromatic carbocycles. The van der Waals surface area contributed by atoms with Crippen molar-refractivity contribution in [1.82, 2.24) is 4.90 Å². The summed E-state index contributed by atoms with van der Waals surface area (Å²) in [5, 5.41) is 2.45. The van der Waals surface area contributed by atoms with E-state index in [1.165, 1.54) is 30.8 Å². The molecule has 0 spiro atoms. The van der Waals surface area contributed by atoms with Gasteiger partial charge in [0.1, 0.15) is 5.82 Å². The van der Waals surface area contributed by atoms with Crippen LogP contribution in [0.15, 0.2) is 53.4 Å². The summed E-state index contributed by atoms with van der Waals surface area (Å²) in [4.78, 5) is 26.1. The predicted molar refractivity (Wildman–Crippen MR) is 98.9 cm³/mol. The first-order valence-electron chi connectivity index (χ1n) is 7.89. The van der Waals surface area contributed by atoms with E-state index in [9.17, 15) is 14.0 Å². The molecule has 4 nitrogen and oxygen atoms in total. The molecule has 1 unspecified atom stereocenters. The number of hydrogen-bond donors (Lipinski definition) is 1. The molecule has 0 fully saturated rings. The monoisotopic (exact) mass is 360 g/mol. The first-order valence-corrected chi connectivity index (χ1v) is 8.77. The van der Waals surface area contributed by atoms with Crippen LogP contribution in [0.2, 0.25) is 0 Å². The highest BCUT2D eigenvalue weighted by Gasteiger charge is 2.19. The number of carbonyl (C=O) groups is 2. The fraction of sp³-hybridized carbons (Fsp3) is 0.263. The van der Waals surface area contributed by atoms with Crippen LogP contribution in [0.1, 0.15) is 19.4 Å². The Morgan fingerprint density at radius 2 is 1.72 bits per heavy atom. The van der Waals surface area contributed by atoms with Crippen LogP contribution >= 0.6 is 11.8 Å². The minimum atomic E-state index is -0.288. The van der Waals surface area contributed by atoms with Gasteiger partial charge in [0.2, 0.25) is 11.8 Å². The van der Waals surface area contributed by atoms with Crippen LogP contribution in [0.5, 0.6) is 0 Å². The molecule has 2 rings (SSSR count). The van der Waals surface area contributed by atoms with Gasteiger partial charge in [-0.15, -0.1) is 11.8 Å². The van der Waals surface area contributed by atoms with E-state index < -0.39 is 0 Å². The molecule has 6 heteroatoms. The lowest BCUT2D eigenvalue weighted by Gasteiger charge is -2.21. The molecule has 1 N–H and O–H groups in total. The first-order chi connectivity index (χ1) is 11.8. The summed E-state index contributed by atoms with van der Waals surface area (Å²) in [6.07, 6.45) is 0. The standard InChI is InChI=1S/C19H21FN2O2S/c1-13(25-18-10-8-17(9-11-18)21-14(2)23)19(24)22(3)12-15-4-6-16(20)7-5-15/h4-11,13H,12H2,1-3H3,(H,21,23). The number of halogens is 1. The third kappa shape index (κ3) is 5.90. The minimum Gasteiger partial charge on any atom is -0.340 e. The Bertz CT molecular complexity index is 732. The molecule has 2 aromatic rings. The van der Waals surface area contributed by atoms with Crippen LogP contribution in [0.25, 0.3) is 0 Å². The van der Waals surface area contributed by atoms with Crippen molar-refractivity contribution in [1.29, 1.82) is 0 Å². The SMILES string of the molecule is CC(=O)Nc1ccc(SC(C)C(=O)N(C)Cc2ccc(F)cc2)cc1. The van der Waals surface area contributed by atoms with Crippen LogP contribution in [-0.4, -0.2) is 29.0 Å². The fourth-order valence-electron chi connectivity index (χ4n) is 2.33. The largest absolute Gasteiger partial charge is 0.340 e. The van der Waals surface area contributed by atoms with Gasteiger partial charge >= 0.3 is 0 Å². The van der Waals surface area contributed by atoms with Crippen molar-refractivity contribution >= 4 is 29.3 Å². The molecule has 0 aromatic heterocycles. The molecule has 0 aliphatic heterocycles. The van der Waals surface area contributed by atoms with Crippen molar-refractivity contribution in [2.75, 3.05) is 12.4 Å². The molecule has 0 aliphatic rings. The van der Waals surface area contributed by atoms with Crippen molar-refractivity contribution in [3.63, 3.8) is 0 Å². The van der Waals surface area contributed by atoms with Gasteiger partial charge in [0.15, 0.2) is 0 Å². The summed E-state index contributed by atoms with van der Waals surface area (Å²) in [6, 6.07) is 13.5. The van der Waals surface area contributed by atoms with Crippen molar-refractivity contribution in [3.8, 4) is 0 Å². The number of nitrogens with one attached hydrogen (secondary N) is 1. The maximum absolute atomic E-state index is 12.9. The van der Waals surface area contributed by atoms with Crippen LogP contribution < -0.4 is 5.32 Å². The number of rotatable bonds is 6. The maximum Gasteiger partial charge on any atom is 0.235 e. The average molecular weight is 360 g/mol. The van der Waals surface area contributed by atoms with Gasteiger partial charge in [-0.2, -0.15) is 0 Å². The van der Waals surface area contributed by atoms with Crippen molar-refractivity contribution in [3.05, 3.63) is 59.9 Å². The van der Waals surface area contributed by atoms with E-state index in [0.717, 1.165) is 16.1 Å². The maximum atomic E-state index is 12.9. The average Bonchev–Trinajstić information content (AvgIpc) is 2.57. The summed E-state index contributed by atoms with van der Waals surface area (Å²) in [6.45, 7) is 3.75. The topological polar surface area (TPSA) is 49.4 Å². The number of benzene rings is 2. The predicted octanol–water partition coefficient (Wildman–Crippen LogP) is 3.92. The molecule has 1 atom stereocenters. The smallest absolute Gasteiger partial charge is 0.235 e. The summed E-state index contributed by atoms with van der Waals surface area (Å²) < 4.78 is 12.9. The fourth-order valence-corrected chi connectivity index (χ4v) is 3.31. The second kappa shape index (κ2) is 8.67. The molecule has 0 saturated heterocycles. The molecule has 0 saturated carbocycles. The Morgan fingerprint density at radius 3 is 2.28 bits per heavy atom. The summed E-state index contributed by atoms with van der Waals surface area (Å²) in [7, 11) is 1.74. The van der Waals surface area contributed by atoms with E-state index in [4.69, 9.17) is 0 Å². The quantitative estimate of drug-likeness (QED) is 0.794. The number of amides is 2. The Labute approximate surface area is 151 Å². The van der Waals surface area contributed by atoms with Crippen LogP contribution in [-0.2, 0) is 16.1 Å². The zero-order valence-corrected chi connectivity index (χ0v) is 15.3. The Morgan fingerprint density at radius 1 is 1.12 bits per heavy atom. The van der Waals surface area contributed by atoms with Gasteiger partial charge in [0.05, 0.1) is 5.25 Å². The molecular formula is C19H21FN2O2S. The van der Waals surface area contributed by atoms with Gasteiger partial charge < -0.3 is 10.2 Å². The van der Waals surface area contributed by atoms with Gasteiger partial charge in [-0.1, -0.05) is 12.1 Å². The second-order valence-corrected chi connectivity index (χ2v) is 7.20. The van der Waals surface area contributed by atoms with Gasteiger partial charge in [-0.25, -0.2) is 4.39 Å². The van der Waals surface area contributed by atoms with Crippen LogP contribution in [0, 0.1) is 5.82 Å². The van der Waals surface area contributed by atoms with E-state index in [1.807, 2.05) is 31.2 Å². The number of hydrogen-bond acceptors (Lipinski definition) is 3. The van der Waals surface area contributed by atoms with E-state index in [1.54, 1.807) is 24.1 Å². The highest BCUT2D eigenvalue weighted by Crippen LogP contribution is 2.26. The molecule has 132 valence electrons. The number of carbonyl (C=O) groups excluding carboxylic acids is 2. The second-order valence-electron chi connectivity index (χ2n) is 5.79. The Hall–Kier alpha value is -2.34. The third-order valence-electron chi connectivity index (χ3n) is 3.54. The van der Waals surface area contributed by atoms with E-state index in [-0.39, 0.29) is 22.9 Å². The minimum absolute atomic E-state index is 0.000243. The van der Waals surface area contributed by atoms with Gasteiger partial charge in [0.25, 0.3) is 0 Å². The third-order valence-corrected chi connectivity index (χ3v) is 4.64. The van der Waals surface area contributed by atoms with E-state index >= 15 is 0 Å². The number of nitrogens with zero attached hydrogens (tertiary/aromatic N) is 1. The lowest BCUT2D eigenvalue weighted by molar-refractivity contribution is -0.129. The first kappa shape index (κ1) is 19.0. The zero-order valence-electron chi connectivity index (χ0n) is 14.5. The summed E-state index contributed by atoms with van der Waals surface area (Å²) in [5.74, 6) is -0.406. The van der Waals surface area contributed by atoms with Gasteiger partial charge in [-0.05, 0) is 48.9 Å². The van der Waals surface area contributed by atoms with E-state index in [0.29, 0.717) is 6.54 Å². The molecule has 0 heterocycles. The molecule has 0 bridgehead atoms. The van der Waals surface area contributed by atoms with Crippen molar-refractivity contribution in [2.24, 2.45) is 0 Å². The lowest BCUT2D eigenvalue weighted by atomic mass is 10.2. The van der Waals surface area contributed by atoms with Gasteiger partial charge in [-0.3, -0.25) is 9.59 Å². The van der Waals surface area contributed by atoms with Gasteiger partial charge in [0, 0.05) is 31.1 Å². The van der Waals surface area contributed by atoms with E-state index in [2.05, 4.69) is 5.32 Å². The number of thioether (sulfide) groups is 1. The molecular weight excluding hydrogens is 339 g/mol. The Kier molecular flexibility index (Phi) is 6.58. The molecule has 2 amide bonds. The molecule has 25 heavy (non-hydrogen) atoms.